The van der Waals surface area contributed by atoms with Gasteiger partial charge in [-0.25, -0.2) is 9.97 Å². The summed E-state index contributed by atoms with van der Waals surface area (Å²) in [5, 5.41) is 8.73. The van der Waals surface area contributed by atoms with Gasteiger partial charge in [0.1, 0.15) is 12.1 Å². The smallest absolute Gasteiger partial charge is 0.309 e. The van der Waals surface area contributed by atoms with E-state index in [0.29, 0.717) is 11.6 Å². The molecular formula is C14H14N2O3. The molecule has 0 spiro atoms. The van der Waals surface area contributed by atoms with E-state index >= 15 is 0 Å². The molecule has 98 valence electrons. The number of benzene rings is 1. The Labute approximate surface area is 110 Å². The van der Waals surface area contributed by atoms with E-state index in [1.807, 2.05) is 32.0 Å². The van der Waals surface area contributed by atoms with Gasteiger partial charge in [-0.05, 0) is 25.0 Å². The second-order valence-electron chi connectivity index (χ2n) is 4.24. The van der Waals surface area contributed by atoms with Crippen LogP contribution in [-0.2, 0) is 11.2 Å². The SMILES string of the molecule is Cc1cccc(C)c1Oc1cc(CC(=O)O)ncn1. The summed E-state index contributed by atoms with van der Waals surface area (Å²) in [5.74, 6) is 0.155. The molecule has 0 radical (unpaired) electrons. The zero-order valence-corrected chi connectivity index (χ0v) is 10.8. The first kappa shape index (κ1) is 13.0. The molecule has 1 aromatic heterocycles. The van der Waals surface area contributed by atoms with E-state index in [0.717, 1.165) is 16.9 Å². The Hall–Kier alpha value is -2.43. The Morgan fingerprint density at radius 3 is 2.58 bits per heavy atom. The van der Waals surface area contributed by atoms with E-state index < -0.39 is 5.97 Å². The predicted molar refractivity (Wildman–Crippen MR) is 69.4 cm³/mol. The maximum absolute atomic E-state index is 10.6. The Bertz CT molecular complexity index is 591. The fraction of sp³-hybridized carbons (Fsp3) is 0.214. The number of hydrogen-bond donors (Lipinski definition) is 1. The quantitative estimate of drug-likeness (QED) is 0.912. The van der Waals surface area contributed by atoms with Crippen LogP contribution in [0, 0.1) is 13.8 Å². The summed E-state index contributed by atoms with van der Waals surface area (Å²) in [4.78, 5) is 18.5. The summed E-state index contributed by atoms with van der Waals surface area (Å²) >= 11 is 0. The van der Waals surface area contributed by atoms with Gasteiger partial charge in [0.05, 0.1) is 12.1 Å². The van der Waals surface area contributed by atoms with Gasteiger partial charge in [-0.3, -0.25) is 4.79 Å². The molecule has 1 aromatic carbocycles. The molecule has 2 aromatic rings. The van der Waals surface area contributed by atoms with Crippen molar-refractivity contribution in [3.05, 3.63) is 47.4 Å². The van der Waals surface area contributed by atoms with Crippen LogP contribution in [0.3, 0.4) is 0 Å². The Morgan fingerprint density at radius 2 is 1.95 bits per heavy atom. The molecule has 5 heteroatoms. The highest BCUT2D eigenvalue weighted by molar-refractivity contribution is 5.69. The van der Waals surface area contributed by atoms with Crippen molar-refractivity contribution in [3.8, 4) is 11.6 Å². The van der Waals surface area contributed by atoms with E-state index in [1.54, 1.807) is 6.07 Å². The van der Waals surface area contributed by atoms with Crippen molar-refractivity contribution in [2.75, 3.05) is 0 Å². The first-order chi connectivity index (χ1) is 9.06. The lowest BCUT2D eigenvalue weighted by molar-refractivity contribution is -0.136. The van der Waals surface area contributed by atoms with Gasteiger partial charge in [-0.2, -0.15) is 0 Å². The molecule has 0 saturated heterocycles. The number of aryl methyl sites for hydroxylation is 2. The molecule has 5 nitrogen and oxygen atoms in total. The van der Waals surface area contributed by atoms with Crippen molar-refractivity contribution < 1.29 is 14.6 Å². The van der Waals surface area contributed by atoms with Crippen LogP contribution in [-0.4, -0.2) is 21.0 Å². The van der Waals surface area contributed by atoms with E-state index in [9.17, 15) is 4.79 Å². The number of aromatic nitrogens is 2. The molecule has 0 saturated carbocycles. The molecule has 0 bridgehead atoms. The molecule has 0 aliphatic heterocycles. The highest BCUT2D eigenvalue weighted by atomic mass is 16.5. The molecule has 0 unspecified atom stereocenters. The fourth-order valence-corrected chi connectivity index (χ4v) is 1.75. The summed E-state index contributed by atoms with van der Waals surface area (Å²) < 4.78 is 5.72. The fourth-order valence-electron chi connectivity index (χ4n) is 1.75. The van der Waals surface area contributed by atoms with Crippen LogP contribution in [0.15, 0.2) is 30.6 Å². The highest BCUT2D eigenvalue weighted by Gasteiger charge is 2.08. The van der Waals surface area contributed by atoms with Crippen LogP contribution in [0.5, 0.6) is 11.6 Å². The maximum atomic E-state index is 10.6. The number of hydrogen-bond acceptors (Lipinski definition) is 4. The molecule has 0 aliphatic rings. The molecule has 2 rings (SSSR count). The minimum absolute atomic E-state index is 0.147. The molecular weight excluding hydrogens is 244 g/mol. The van der Waals surface area contributed by atoms with Gasteiger partial charge in [0.2, 0.25) is 5.88 Å². The minimum atomic E-state index is -0.934. The predicted octanol–water partition coefficient (Wildman–Crippen LogP) is 2.51. The topological polar surface area (TPSA) is 72.3 Å². The third-order valence-corrected chi connectivity index (χ3v) is 2.65. The molecule has 0 aliphatic carbocycles. The second kappa shape index (κ2) is 5.48. The first-order valence-corrected chi connectivity index (χ1v) is 5.83. The number of carbonyl (C=O) groups is 1. The second-order valence-corrected chi connectivity index (χ2v) is 4.24. The number of carboxylic acids is 1. The van der Waals surface area contributed by atoms with Gasteiger partial charge in [0, 0.05) is 6.07 Å². The molecule has 0 fully saturated rings. The highest BCUT2D eigenvalue weighted by Crippen LogP contribution is 2.27. The standard InChI is InChI=1S/C14H14N2O3/c1-9-4-3-5-10(2)14(9)19-12-6-11(7-13(17)18)15-8-16-12/h3-6,8H,7H2,1-2H3,(H,17,18). The Morgan fingerprint density at radius 1 is 1.26 bits per heavy atom. The van der Waals surface area contributed by atoms with Gasteiger partial charge < -0.3 is 9.84 Å². The molecule has 1 N–H and O–H groups in total. The van der Waals surface area contributed by atoms with Crippen molar-refractivity contribution >= 4 is 5.97 Å². The van der Waals surface area contributed by atoms with E-state index in [1.165, 1.54) is 6.33 Å². The number of rotatable bonds is 4. The van der Waals surface area contributed by atoms with Gasteiger partial charge >= 0.3 is 5.97 Å². The normalized spacial score (nSPS) is 10.2. The lowest BCUT2D eigenvalue weighted by Gasteiger charge is -2.10. The summed E-state index contributed by atoms with van der Waals surface area (Å²) in [6.45, 7) is 3.89. The van der Waals surface area contributed by atoms with E-state index in [2.05, 4.69) is 9.97 Å². The molecule has 0 amide bonds. The zero-order chi connectivity index (χ0) is 13.8. The first-order valence-electron chi connectivity index (χ1n) is 5.83. The number of carboxylic acid groups (broad SMARTS) is 1. The van der Waals surface area contributed by atoms with Gasteiger partial charge in [-0.15, -0.1) is 0 Å². The number of ether oxygens (including phenoxy) is 1. The van der Waals surface area contributed by atoms with Crippen LogP contribution in [0.4, 0.5) is 0 Å². The van der Waals surface area contributed by atoms with Crippen molar-refractivity contribution in [1.82, 2.24) is 9.97 Å². The van der Waals surface area contributed by atoms with E-state index in [-0.39, 0.29) is 6.42 Å². The Balaban J connectivity index is 2.26. The van der Waals surface area contributed by atoms with Gasteiger partial charge in [0.25, 0.3) is 0 Å². The third kappa shape index (κ3) is 3.28. The summed E-state index contributed by atoms with van der Waals surface area (Å²) in [6.07, 6.45) is 1.16. The summed E-state index contributed by atoms with van der Waals surface area (Å²) in [7, 11) is 0. The largest absolute Gasteiger partial charge is 0.481 e. The van der Waals surface area contributed by atoms with Crippen LogP contribution in [0.25, 0.3) is 0 Å². The average Bonchev–Trinajstić information content (AvgIpc) is 2.34. The Kier molecular flexibility index (Phi) is 3.75. The molecule has 0 atom stereocenters. The minimum Gasteiger partial charge on any atom is -0.481 e. The van der Waals surface area contributed by atoms with Crippen molar-refractivity contribution in [1.29, 1.82) is 0 Å². The van der Waals surface area contributed by atoms with E-state index in [4.69, 9.17) is 9.84 Å². The molecule has 1 heterocycles. The lowest BCUT2D eigenvalue weighted by Crippen LogP contribution is -2.03. The summed E-state index contributed by atoms with van der Waals surface area (Å²) in [6, 6.07) is 7.39. The van der Waals surface area contributed by atoms with Crippen molar-refractivity contribution in [2.45, 2.75) is 20.3 Å². The van der Waals surface area contributed by atoms with Crippen LogP contribution in [0.1, 0.15) is 16.8 Å². The van der Waals surface area contributed by atoms with Crippen molar-refractivity contribution in [2.24, 2.45) is 0 Å². The number of nitrogens with zero attached hydrogens (tertiary/aromatic N) is 2. The number of aliphatic carboxylic acids is 1. The maximum Gasteiger partial charge on any atom is 0.309 e. The third-order valence-electron chi connectivity index (χ3n) is 2.65. The van der Waals surface area contributed by atoms with Crippen LogP contribution in [0.2, 0.25) is 0 Å². The number of para-hydroxylation sites is 1. The summed E-state index contributed by atoms with van der Waals surface area (Å²) in [5.41, 5.74) is 2.42. The average molecular weight is 258 g/mol. The van der Waals surface area contributed by atoms with Crippen LogP contribution < -0.4 is 4.74 Å². The molecule has 19 heavy (non-hydrogen) atoms. The van der Waals surface area contributed by atoms with Gasteiger partial charge in [0.15, 0.2) is 0 Å². The zero-order valence-electron chi connectivity index (χ0n) is 10.8. The van der Waals surface area contributed by atoms with Gasteiger partial charge in [-0.1, -0.05) is 18.2 Å². The monoisotopic (exact) mass is 258 g/mol. The van der Waals surface area contributed by atoms with Crippen molar-refractivity contribution in [3.63, 3.8) is 0 Å². The lowest BCUT2D eigenvalue weighted by atomic mass is 10.1. The van der Waals surface area contributed by atoms with Crippen LogP contribution >= 0.6 is 0 Å².